The van der Waals surface area contributed by atoms with Gasteiger partial charge in [0.25, 0.3) is 10.0 Å². The van der Waals surface area contributed by atoms with Crippen molar-refractivity contribution in [2.24, 2.45) is 5.92 Å². The van der Waals surface area contributed by atoms with Crippen LogP contribution < -0.4 is 9.46 Å². The maximum atomic E-state index is 12.2. The molecule has 116 valence electrons. The molecule has 0 spiro atoms. The highest BCUT2D eigenvalue weighted by Gasteiger charge is 2.45. The second kappa shape index (κ2) is 6.40. The molecule has 0 aliphatic heterocycles. The molecular formula is C13H18N2O5S. The Bertz CT molecular complexity index is 617. The summed E-state index contributed by atoms with van der Waals surface area (Å²) >= 11 is 0. The largest absolute Gasteiger partial charge is 0.477 e. The van der Waals surface area contributed by atoms with Crippen LogP contribution in [0.15, 0.2) is 23.2 Å². The Hall–Kier alpha value is -1.67. The Kier molecular flexibility index (Phi) is 4.79. The molecule has 1 N–H and O–H groups in total. The summed E-state index contributed by atoms with van der Waals surface area (Å²) in [5, 5.41) is 0. The summed E-state index contributed by atoms with van der Waals surface area (Å²) in [6.45, 7) is 4.33. The lowest BCUT2D eigenvalue weighted by Crippen LogP contribution is -2.33. The van der Waals surface area contributed by atoms with Crippen molar-refractivity contribution in [2.75, 3.05) is 13.2 Å². The number of sulfonamides is 1. The molecule has 0 bridgehead atoms. The van der Waals surface area contributed by atoms with Crippen LogP contribution in [0.2, 0.25) is 0 Å². The number of hydrogen-bond donors (Lipinski definition) is 1. The minimum atomic E-state index is -4.00. The molecule has 21 heavy (non-hydrogen) atoms. The van der Waals surface area contributed by atoms with E-state index >= 15 is 0 Å². The first kappa shape index (κ1) is 15.7. The van der Waals surface area contributed by atoms with Gasteiger partial charge in [0, 0.05) is 12.8 Å². The third-order valence-corrected chi connectivity index (χ3v) is 4.35. The highest BCUT2D eigenvalue weighted by molar-refractivity contribution is 7.90. The molecule has 0 saturated heterocycles. The smallest absolute Gasteiger partial charge is 0.269 e. The predicted octanol–water partition coefficient (Wildman–Crippen LogP) is 0.710. The molecule has 1 aliphatic carbocycles. The molecular weight excluding hydrogens is 296 g/mol. The molecule has 1 heterocycles. The molecule has 1 amide bonds. The number of carbonyl (C=O) groups excluding carboxylic acids is 1. The van der Waals surface area contributed by atoms with Gasteiger partial charge in [0.1, 0.15) is 4.90 Å². The lowest BCUT2D eigenvalue weighted by molar-refractivity contribution is -0.121. The topological polar surface area (TPSA) is 94.6 Å². The van der Waals surface area contributed by atoms with E-state index < -0.39 is 21.8 Å². The molecule has 8 heteroatoms. The zero-order valence-electron chi connectivity index (χ0n) is 11.9. The zero-order chi connectivity index (χ0) is 15.5. The Morgan fingerprint density at radius 2 is 2.19 bits per heavy atom. The van der Waals surface area contributed by atoms with E-state index in [0.717, 1.165) is 0 Å². The summed E-state index contributed by atoms with van der Waals surface area (Å²) in [5.41, 5.74) is 0. The highest BCUT2D eigenvalue weighted by Crippen LogP contribution is 2.34. The van der Waals surface area contributed by atoms with Gasteiger partial charge in [-0.1, -0.05) is 0 Å². The number of carbonyl (C=O) groups is 1. The number of pyridine rings is 1. The fraction of sp³-hybridized carbons (Fsp3) is 0.538. The van der Waals surface area contributed by atoms with Gasteiger partial charge in [0.2, 0.25) is 11.8 Å². The van der Waals surface area contributed by atoms with Crippen LogP contribution in [0.4, 0.5) is 0 Å². The Balaban J connectivity index is 2.10. The first-order valence-corrected chi connectivity index (χ1v) is 8.24. The number of rotatable bonds is 7. The quantitative estimate of drug-likeness (QED) is 0.796. The number of amides is 1. The zero-order valence-corrected chi connectivity index (χ0v) is 12.7. The lowest BCUT2D eigenvalue weighted by atomic mass is 10.4. The fourth-order valence-corrected chi connectivity index (χ4v) is 3.06. The van der Waals surface area contributed by atoms with E-state index in [4.69, 9.17) is 9.47 Å². The Labute approximate surface area is 123 Å². The number of ether oxygens (including phenoxy) is 2. The van der Waals surface area contributed by atoms with E-state index in [9.17, 15) is 13.2 Å². The van der Waals surface area contributed by atoms with Gasteiger partial charge in [-0.25, -0.2) is 18.1 Å². The van der Waals surface area contributed by atoms with Crippen LogP contribution >= 0.6 is 0 Å². The van der Waals surface area contributed by atoms with Gasteiger partial charge in [-0.15, -0.1) is 0 Å². The molecule has 1 aromatic heterocycles. The van der Waals surface area contributed by atoms with Crippen molar-refractivity contribution in [2.45, 2.75) is 31.3 Å². The molecule has 7 nitrogen and oxygen atoms in total. The SMILES string of the molecule is CCOc1ncccc1S(=O)(=O)NC(=O)[C@@H]1C[C@H]1OCC. The number of nitrogens with one attached hydrogen (secondary N) is 1. The van der Waals surface area contributed by atoms with E-state index in [1.165, 1.54) is 18.3 Å². The van der Waals surface area contributed by atoms with E-state index in [-0.39, 0.29) is 23.5 Å². The Morgan fingerprint density at radius 3 is 2.86 bits per heavy atom. The second-order valence-electron chi connectivity index (χ2n) is 4.55. The van der Waals surface area contributed by atoms with Crippen molar-refractivity contribution < 1.29 is 22.7 Å². The van der Waals surface area contributed by atoms with Crippen LogP contribution in [0.25, 0.3) is 0 Å². The van der Waals surface area contributed by atoms with Gasteiger partial charge < -0.3 is 9.47 Å². The Morgan fingerprint density at radius 1 is 1.43 bits per heavy atom. The predicted molar refractivity (Wildman–Crippen MR) is 74.3 cm³/mol. The van der Waals surface area contributed by atoms with Crippen molar-refractivity contribution in [3.05, 3.63) is 18.3 Å². The molecule has 1 aromatic rings. The lowest BCUT2D eigenvalue weighted by Gasteiger charge is -2.10. The van der Waals surface area contributed by atoms with Crippen molar-refractivity contribution in [1.29, 1.82) is 0 Å². The molecule has 2 atom stereocenters. The van der Waals surface area contributed by atoms with Crippen LogP contribution in [0.5, 0.6) is 5.88 Å². The molecule has 1 aliphatic rings. The van der Waals surface area contributed by atoms with Crippen LogP contribution in [-0.4, -0.2) is 38.6 Å². The van der Waals surface area contributed by atoms with E-state index in [1.54, 1.807) is 6.92 Å². The van der Waals surface area contributed by atoms with Gasteiger partial charge in [0.05, 0.1) is 18.6 Å². The average molecular weight is 314 g/mol. The van der Waals surface area contributed by atoms with Gasteiger partial charge in [0.15, 0.2) is 0 Å². The van der Waals surface area contributed by atoms with Gasteiger partial charge >= 0.3 is 0 Å². The summed E-state index contributed by atoms with van der Waals surface area (Å²) in [5.74, 6) is -0.982. The van der Waals surface area contributed by atoms with Crippen LogP contribution in [0.1, 0.15) is 20.3 Å². The number of aromatic nitrogens is 1. The minimum absolute atomic E-state index is 0.0162. The van der Waals surface area contributed by atoms with Crippen molar-refractivity contribution in [3.63, 3.8) is 0 Å². The normalized spacial score (nSPS) is 20.9. The van der Waals surface area contributed by atoms with E-state index in [0.29, 0.717) is 13.0 Å². The molecule has 0 unspecified atom stereocenters. The van der Waals surface area contributed by atoms with Crippen LogP contribution in [0, 0.1) is 5.92 Å². The maximum absolute atomic E-state index is 12.2. The minimum Gasteiger partial charge on any atom is -0.477 e. The first-order chi connectivity index (χ1) is 9.99. The van der Waals surface area contributed by atoms with E-state index in [1.807, 2.05) is 6.92 Å². The summed E-state index contributed by atoms with van der Waals surface area (Å²) in [4.78, 5) is 15.6. The van der Waals surface area contributed by atoms with Crippen LogP contribution in [0.3, 0.4) is 0 Å². The third kappa shape index (κ3) is 3.70. The number of hydrogen-bond acceptors (Lipinski definition) is 6. The first-order valence-electron chi connectivity index (χ1n) is 6.75. The van der Waals surface area contributed by atoms with Crippen molar-refractivity contribution >= 4 is 15.9 Å². The fourth-order valence-electron chi connectivity index (χ4n) is 1.93. The molecule has 0 aromatic carbocycles. The number of nitrogens with zero attached hydrogens (tertiary/aromatic N) is 1. The average Bonchev–Trinajstić information content (AvgIpc) is 3.19. The summed E-state index contributed by atoms with van der Waals surface area (Å²) in [7, 11) is -4.00. The molecule has 1 fully saturated rings. The summed E-state index contributed by atoms with van der Waals surface area (Å²) < 4.78 is 37.0. The maximum Gasteiger partial charge on any atom is 0.269 e. The van der Waals surface area contributed by atoms with Crippen molar-refractivity contribution in [3.8, 4) is 5.88 Å². The van der Waals surface area contributed by atoms with E-state index in [2.05, 4.69) is 9.71 Å². The van der Waals surface area contributed by atoms with Gasteiger partial charge in [-0.05, 0) is 32.4 Å². The monoisotopic (exact) mass is 314 g/mol. The van der Waals surface area contributed by atoms with Gasteiger partial charge in [-0.3, -0.25) is 4.79 Å². The van der Waals surface area contributed by atoms with Crippen molar-refractivity contribution in [1.82, 2.24) is 9.71 Å². The summed E-state index contributed by atoms with van der Waals surface area (Å²) in [6, 6.07) is 2.82. The molecule has 2 rings (SSSR count). The summed E-state index contributed by atoms with van der Waals surface area (Å²) in [6.07, 6.45) is 1.78. The molecule has 1 saturated carbocycles. The second-order valence-corrected chi connectivity index (χ2v) is 6.20. The third-order valence-electron chi connectivity index (χ3n) is 2.99. The van der Waals surface area contributed by atoms with Gasteiger partial charge in [-0.2, -0.15) is 0 Å². The standard InChI is InChI=1S/C13H18N2O5S/c1-3-19-10-8-9(10)12(16)15-21(17,18)11-6-5-7-14-13(11)20-4-2/h5-7,9-10H,3-4,8H2,1-2H3,(H,15,16)/t9-,10-/m1/s1. The highest BCUT2D eigenvalue weighted by atomic mass is 32.2. The molecule has 0 radical (unpaired) electrons. The van der Waals surface area contributed by atoms with Crippen LogP contribution in [-0.2, 0) is 19.6 Å².